The second kappa shape index (κ2) is 11.1. The van der Waals surface area contributed by atoms with Gasteiger partial charge < -0.3 is 15.0 Å². The van der Waals surface area contributed by atoms with Crippen molar-refractivity contribution in [1.82, 2.24) is 10.2 Å². The zero-order chi connectivity index (χ0) is 22.1. The Morgan fingerprint density at radius 3 is 1.93 bits per heavy atom. The molecular formula is C24H30N2O4. The molecule has 6 heteroatoms. The van der Waals surface area contributed by atoms with E-state index in [-0.39, 0.29) is 36.9 Å². The lowest BCUT2D eigenvalue weighted by Crippen LogP contribution is -2.47. The van der Waals surface area contributed by atoms with E-state index in [0.717, 1.165) is 5.56 Å². The summed E-state index contributed by atoms with van der Waals surface area (Å²) < 4.78 is 5.31. The minimum Gasteiger partial charge on any atom is -0.454 e. The van der Waals surface area contributed by atoms with Gasteiger partial charge in [0.2, 0.25) is 0 Å². The highest BCUT2D eigenvalue weighted by Gasteiger charge is 2.26. The van der Waals surface area contributed by atoms with Gasteiger partial charge in [-0.25, -0.2) is 4.79 Å². The molecule has 0 saturated carbocycles. The van der Waals surface area contributed by atoms with Crippen LogP contribution >= 0.6 is 0 Å². The number of hydrogen-bond acceptors (Lipinski definition) is 4. The number of nitrogens with one attached hydrogen (secondary N) is 1. The van der Waals surface area contributed by atoms with Gasteiger partial charge in [0.05, 0.1) is 0 Å². The third kappa shape index (κ3) is 6.72. The number of rotatable bonds is 9. The van der Waals surface area contributed by atoms with Crippen LogP contribution in [0.2, 0.25) is 0 Å². The summed E-state index contributed by atoms with van der Waals surface area (Å²) >= 11 is 0. The summed E-state index contributed by atoms with van der Waals surface area (Å²) in [5.41, 5.74) is 1.33. The normalized spacial score (nSPS) is 11.8. The van der Waals surface area contributed by atoms with Crippen molar-refractivity contribution in [2.75, 3.05) is 6.61 Å². The van der Waals surface area contributed by atoms with Gasteiger partial charge in [0, 0.05) is 24.1 Å². The molecule has 0 aliphatic carbocycles. The molecule has 0 spiro atoms. The van der Waals surface area contributed by atoms with E-state index >= 15 is 0 Å². The lowest BCUT2D eigenvalue weighted by Gasteiger charge is -2.30. The fourth-order valence-electron chi connectivity index (χ4n) is 3.35. The Hall–Kier alpha value is -3.15. The van der Waals surface area contributed by atoms with Crippen molar-refractivity contribution in [1.29, 1.82) is 0 Å². The summed E-state index contributed by atoms with van der Waals surface area (Å²) in [5, 5.41) is 2.74. The van der Waals surface area contributed by atoms with E-state index < -0.39 is 12.0 Å². The number of ether oxygens (including phenoxy) is 1. The van der Waals surface area contributed by atoms with E-state index in [1.165, 1.54) is 0 Å². The van der Waals surface area contributed by atoms with Gasteiger partial charge in [-0.1, -0.05) is 48.5 Å². The molecule has 0 unspecified atom stereocenters. The second-order valence-electron chi connectivity index (χ2n) is 7.68. The molecule has 30 heavy (non-hydrogen) atoms. The first kappa shape index (κ1) is 23.1. The van der Waals surface area contributed by atoms with Crippen LogP contribution in [0.15, 0.2) is 60.7 Å². The van der Waals surface area contributed by atoms with Crippen LogP contribution in [-0.2, 0) is 20.7 Å². The van der Waals surface area contributed by atoms with E-state index in [2.05, 4.69) is 5.32 Å². The smallest absolute Gasteiger partial charge is 0.329 e. The molecule has 0 radical (unpaired) electrons. The van der Waals surface area contributed by atoms with Crippen LogP contribution in [0, 0.1) is 0 Å². The van der Waals surface area contributed by atoms with Crippen LogP contribution in [-0.4, -0.2) is 47.4 Å². The van der Waals surface area contributed by atoms with Gasteiger partial charge in [0.15, 0.2) is 6.61 Å². The molecular weight excluding hydrogens is 380 g/mol. The Balaban J connectivity index is 2.10. The molecule has 0 heterocycles. The number of amides is 2. The Kier molecular flexibility index (Phi) is 8.59. The van der Waals surface area contributed by atoms with Crippen molar-refractivity contribution < 1.29 is 19.1 Å². The van der Waals surface area contributed by atoms with Crippen molar-refractivity contribution in [2.45, 2.75) is 52.2 Å². The van der Waals surface area contributed by atoms with E-state index in [0.29, 0.717) is 5.56 Å². The largest absolute Gasteiger partial charge is 0.454 e. The van der Waals surface area contributed by atoms with Crippen molar-refractivity contribution in [2.24, 2.45) is 0 Å². The maximum Gasteiger partial charge on any atom is 0.329 e. The monoisotopic (exact) mass is 410 g/mol. The van der Waals surface area contributed by atoms with Crippen molar-refractivity contribution in [3.05, 3.63) is 71.8 Å². The highest BCUT2D eigenvalue weighted by molar-refractivity contribution is 5.97. The minimum absolute atomic E-state index is 0.00546. The SMILES string of the molecule is CC(C)N(C(=O)COC(=O)[C@H](Cc1ccccc1)NC(=O)c1ccccc1)C(C)C. The van der Waals surface area contributed by atoms with Crippen LogP contribution in [0.3, 0.4) is 0 Å². The average molecular weight is 411 g/mol. The number of esters is 1. The van der Waals surface area contributed by atoms with Gasteiger partial charge >= 0.3 is 5.97 Å². The predicted molar refractivity (Wildman–Crippen MR) is 116 cm³/mol. The van der Waals surface area contributed by atoms with Crippen molar-refractivity contribution in [3.8, 4) is 0 Å². The van der Waals surface area contributed by atoms with Gasteiger partial charge in [0.25, 0.3) is 11.8 Å². The summed E-state index contributed by atoms with van der Waals surface area (Å²) in [4.78, 5) is 39.5. The molecule has 1 N–H and O–H groups in total. The van der Waals surface area contributed by atoms with Gasteiger partial charge in [-0.2, -0.15) is 0 Å². The van der Waals surface area contributed by atoms with Gasteiger partial charge in [-0.05, 0) is 45.4 Å². The van der Waals surface area contributed by atoms with Gasteiger partial charge in [-0.3, -0.25) is 9.59 Å². The summed E-state index contributed by atoms with van der Waals surface area (Å²) in [5.74, 6) is -1.27. The first-order valence-corrected chi connectivity index (χ1v) is 10.2. The average Bonchev–Trinajstić information content (AvgIpc) is 2.72. The highest BCUT2D eigenvalue weighted by atomic mass is 16.5. The quantitative estimate of drug-likeness (QED) is 0.644. The van der Waals surface area contributed by atoms with E-state index in [1.54, 1.807) is 29.2 Å². The summed E-state index contributed by atoms with van der Waals surface area (Å²) in [7, 11) is 0. The first-order chi connectivity index (χ1) is 14.3. The maximum atomic E-state index is 12.8. The van der Waals surface area contributed by atoms with Gasteiger partial charge in [-0.15, -0.1) is 0 Å². The fourth-order valence-corrected chi connectivity index (χ4v) is 3.35. The third-order valence-corrected chi connectivity index (χ3v) is 4.65. The molecule has 0 saturated heterocycles. The predicted octanol–water partition coefficient (Wildman–Crippen LogP) is 3.22. The molecule has 6 nitrogen and oxygen atoms in total. The van der Waals surface area contributed by atoms with Crippen LogP contribution < -0.4 is 5.32 Å². The Morgan fingerprint density at radius 1 is 0.867 bits per heavy atom. The van der Waals surface area contributed by atoms with Crippen LogP contribution in [0.4, 0.5) is 0 Å². The van der Waals surface area contributed by atoms with Crippen LogP contribution in [0.5, 0.6) is 0 Å². The van der Waals surface area contributed by atoms with Gasteiger partial charge in [0.1, 0.15) is 6.04 Å². The lowest BCUT2D eigenvalue weighted by molar-refractivity contribution is -0.155. The maximum absolute atomic E-state index is 12.8. The molecule has 0 aromatic heterocycles. The van der Waals surface area contributed by atoms with Crippen molar-refractivity contribution in [3.63, 3.8) is 0 Å². The standard InChI is InChI=1S/C24H30N2O4/c1-17(2)26(18(3)4)22(27)16-30-24(29)21(15-19-11-7-5-8-12-19)25-23(28)20-13-9-6-10-14-20/h5-14,17-18,21H,15-16H2,1-4H3,(H,25,28)/t21-/m0/s1. The summed E-state index contributed by atoms with van der Waals surface area (Å²) in [6.07, 6.45) is 0.268. The lowest BCUT2D eigenvalue weighted by atomic mass is 10.1. The molecule has 2 aromatic rings. The van der Waals surface area contributed by atoms with Crippen LogP contribution in [0.25, 0.3) is 0 Å². The summed E-state index contributed by atoms with van der Waals surface area (Å²) in [6, 6.07) is 17.1. The number of carbonyl (C=O) groups is 3. The zero-order valence-electron chi connectivity index (χ0n) is 18.0. The van der Waals surface area contributed by atoms with Crippen LogP contribution in [0.1, 0.15) is 43.6 Å². The second-order valence-corrected chi connectivity index (χ2v) is 7.68. The first-order valence-electron chi connectivity index (χ1n) is 10.2. The fraction of sp³-hybridized carbons (Fsp3) is 0.375. The molecule has 2 aromatic carbocycles. The van der Waals surface area contributed by atoms with E-state index in [4.69, 9.17) is 4.74 Å². The molecule has 0 bridgehead atoms. The number of hydrogen-bond donors (Lipinski definition) is 1. The molecule has 160 valence electrons. The topological polar surface area (TPSA) is 75.7 Å². The molecule has 0 fully saturated rings. The molecule has 1 atom stereocenters. The number of benzene rings is 2. The molecule has 0 aliphatic heterocycles. The van der Waals surface area contributed by atoms with E-state index in [1.807, 2.05) is 64.1 Å². The summed E-state index contributed by atoms with van der Waals surface area (Å²) in [6.45, 7) is 7.30. The molecule has 2 rings (SSSR count). The molecule has 2 amide bonds. The van der Waals surface area contributed by atoms with Crippen molar-refractivity contribution >= 4 is 17.8 Å². The number of nitrogens with zero attached hydrogens (tertiary/aromatic N) is 1. The minimum atomic E-state index is -0.903. The molecule has 0 aliphatic rings. The highest BCUT2D eigenvalue weighted by Crippen LogP contribution is 2.09. The van der Waals surface area contributed by atoms with E-state index in [9.17, 15) is 14.4 Å². The Morgan fingerprint density at radius 2 is 1.40 bits per heavy atom. The number of carbonyl (C=O) groups excluding carboxylic acids is 3. The third-order valence-electron chi connectivity index (χ3n) is 4.65. The Labute approximate surface area is 178 Å². The zero-order valence-corrected chi connectivity index (χ0v) is 18.0. The Bertz CT molecular complexity index is 827.